The van der Waals surface area contributed by atoms with E-state index in [0.717, 1.165) is 19.3 Å². The van der Waals surface area contributed by atoms with Crippen LogP contribution < -0.4 is 11.1 Å². The molecule has 1 amide bonds. The van der Waals surface area contributed by atoms with Crippen LogP contribution in [0, 0.1) is 5.92 Å². The molecule has 0 radical (unpaired) electrons. The van der Waals surface area contributed by atoms with Crippen LogP contribution in [0.5, 0.6) is 0 Å². The summed E-state index contributed by atoms with van der Waals surface area (Å²) in [5.74, 6) is 0.504. The monoisotopic (exact) mass is 264 g/mol. The van der Waals surface area contributed by atoms with Gasteiger partial charge in [-0.25, -0.2) is 0 Å². The Morgan fingerprint density at radius 3 is 2.65 bits per heavy atom. The van der Waals surface area contributed by atoms with Gasteiger partial charge >= 0.3 is 0 Å². The lowest BCUT2D eigenvalue weighted by atomic mass is 9.90. The highest BCUT2D eigenvalue weighted by atomic mass is 35.5. The number of rotatable bonds is 5. The third-order valence-electron chi connectivity index (χ3n) is 2.96. The van der Waals surface area contributed by atoms with E-state index in [1.807, 2.05) is 6.92 Å². The zero-order chi connectivity index (χ0) is 12.2. The first-order valence-electron chi connectivity index (χ1n) is 6.10. The van der Waals surface area contributed by atoms with Crippen molar-refractivity contribution < 1.29 is 9.53 Å². The number of hydrogen-bond acceptors (Lipinski definition) is 3. The molecule has 0 aromatic carbocycles. The molecule has 0 spiro atoms. The number of nitrogens with two attached hydrogens (primary N) is 1. The van der Waals surface area contributed by atoms with Crippen molar-refractivity contribution in [1.29, 1.82) is 0 Å². The van der Waals surface area contributed by atoms with Crippen molar-refractivity contribution >= 4 is 18.3 Å². The molecular weight excluding hydrogens is 240 g/mol. The maximum atomic E-state index is 11.9. The van der Waals surface area contributed by atoms with Gasteiger partial charge in [-0.05, 0) is 32.1 Å². The predicted molar refractivity (Wildman–Crippen MR) is 71.3 cm³/mol. The van der Waals surface area contributed by atoms with E-state index in [1.54, 1.807) is 0 Å². The summed E-state index contributed by atoms with van der Waals surface area (Å²) in [6, 6.07) is 0. The second-order valence-electron chi connectivity index (χ2n) is 5.35. The van der Waals surface area contributed by atoms with Crippen molar-refractivity contribution in [1.82, 2.24) is 5.32 Å². The van der Waals surface area contributed by atoms with E-state index < -0.39 is 0 Å². The molecule has 0 aliphatic carbocycles. The molecule has 1 aliphatic heterocycles. The Morgan fingerprint density at radius 2 is 2.24 bits per heavy atom. The van der Waals surface area contributed by atoms with E-state index in [9.17, 15) is 4.79 Å². The van der Waals surface area contributed by atoms with Gasteiger partial charge in [0.25, 0.3) is 0 Å². The largest absolute Gasteiger partial charge is 0.368 e. The standard InChI is InChI=1S/C12H24N2O2.ClH/c1-9(2)7-12(3,8-13)14-11(15)10-5-4-6-16-10;/h9-10H,4-8,13H2,1-3H3,(H,14,15);1H/t10-,12?;/m1./s1. The Hall–Kier alpha value is -0.320. The second kappa shape index (κ2) is 7.19. The normalized spacial score (nSPS) is 23.0. The average molecular weight is 265 g/mol. The number of halogens is 1. The molecule has 1 saturated heterocycles. The number of amides is 1. The summed E-state index contributed by atoms with van der Waals surface area (Å²) in [4.78, 5) is 11.9. The smallest absolute Gasteiger partial charge is 0.249 e. The molecule has 2 atom stereocenters. The molecule has 1 heterocycles. The van der Waals surface area contributed by atoms with Crippen molar-refractivity contribution in [3.8, 4) is 0 Å². The Morgan fingerprint density at radius 1 is 1.59 bits per heavy atom. The summed E-state index contributed by atoms with van der Waals surface area (Å²) < 4.78 is 5.36. The maximum Gasteiger partial charge on any atom is 0.249 e. The van der Waals surface area contributed by atoms with Gasteiger partial charge in [-0.2, -0.15) is 0 Å². The van der Waals surface area contributed by atoms with E-state index in [4.69, 9.17) is 10.5 Å². The molecule has 0 saturated carbocycles. The van der Waals surface area contributed by atoms with E-state index in [-0.39, 0.29) is 30.0 Å². The molecule has 1 fully saturated rings. The number of nitrogens with one attached hydrogen (secondary N) is 1. The van der Waals surface area contributed by atoms with Crippen molar-refractivity contribution in [3.63, 3.8) is 0 Å². The fourth-order valence-corrected chi connectivity index (χ4v) is 2.25. The molecule has 4 nitrogen and oxygen atoms in total. The summed E-state index contributed by atoms with van der Waals surface area (Å²) >= 11 is 0. The van der Waals surface area contributed by atoms with Crippen LogP contribution in [0.1, 0.15) is 40.0 Å². The summed E-state index contributed by atoms with van der Waals surface area (Å²) in [5.41, 5.74) is 5.44. The molecule has 3 N–H and O–H groups in total. The zero-order valence-electron chi connectivity index (χ0n) is 11.0. The summed E-state index contributed by atoms with van der Waals surface area (Å²) in [6.45, 7) is 7.42. The van der Waals surface area contributed by atoms with Crippen molar-refractivity contribution in [2.24, 2.45) is 11.7 Å². The van der Waals surface area contributed by atoms with E-state index >= 15 is 0 Å². The molecule has 1 unspecified atom stereocenters. The minimum absolute atomic E-state index is 0. The van der Waals surface area contributed by atoms with E-state index in [0.29, 0.717) is 19.1 Å². The number of carbonyl (C=O) groups is 1. The topological polar surface area (TPSA) is 64.3 Å². The van der Waals surface area contributed by atoms with Gasteiger partial charge in [0.1, 0.15) is 6.10 Å². The van der Waals surface area contributed by atoms with Crippen molar-refractivity contribution in [3.05, 3.63) is 0 Å². The number of carbonyl (C=O) groups excluding carboxylic acids is 1. The quantitative estimate of drug-likeness (QED) is 0.790. The molecular formula is C12H25ClN2O2. The van der Waals surface area contributed by atoms with Gasteiger partial charge in [0.2, 0.25) is 5.91 Å². The lowest BCUT2D eigenvalue weighted by molar-refractivity contribution is -0.132. The van der Waals surface area contributed by atoms with Crippen LogP contribution in [-0.2, 0) is 9.53 Å². The molecule has 17 heavy (non-hydrogen) atoms. The van der Waals surface area contributed by atoms with Crippen LogP contribution in [0.15, 0.2) is 0 Å². The molecule has 1 aliphatic rings. The summed E-state index contributed by atoms with van der Waals surface area (Å²) in [6.07, 6.45) is 2.43. The highest BCUT2D eigenvalue weighted by molar-refractivity contribution is 5.85. The van der Waals surface area contributed by atoms with Gasteiger partial charge in [-0.3, -0.25) is 4.79 Å². The molecule has 0 bridgehead atoms. The number of ether oxygens (including phenoxy) is 1. The molecule has 0 aromatic heterocycles. The maximum absolute atomic E-state index is 11.9. The third-order valence-corrected chi connectivity index (χ3v) is 2.96. The zero-order valence-corrected chi connectivity index (χ0v) is 11.8. The van der Waals surface area contributed by atoms with Crippen molar-refractivity contribution in [2.45, 2.75) is 51.7 Å². The van der Waals surface area contributed by atoms with Gasteiger partial charge in [-0.15, -0.1) is 12.4 Å². The first-order valence-corrected chi connectivity index (χ1v) is 6.10. The Balaban J connectivity index is 0.00000256. The highest BCUT2D eigenvalue weighted by Crippen LogP contribution is 2.18. The fraction of sp³-hybridized carbons (Fsp3) is 0.917. The predicted octanol–water partition coefficient (Wildman–Crippen LogP) is 1.47. The van der Waals surface area contributed by atoms with Crippen molar-refractivity contribution in [2.75, 3.05) is 13.2 Å². The van der Waals surface area contributed by atoms with Gasteiger partial charge in [0.15, 0.2) is 0 Å². The van der Waals surface area contributed by atoms with Crippen LogP contribution >= 0.6 is 12.4 Å². The molecule has 1 rings (SSSR count). The second-order valence-corrected chi connectivity index (χ2v) is 5.35. The van der Waals surface area contributed by atoms with Gasteiger partial charge < -0.3 is 15.8 Å². The van der Waals surface area contributed by atoms with Crippen LogP contribution in [-0.4, -0.2) is 30.7 Å². The third kappa shape index (κ3) is 5.23. The van der Waals surface area contributed by atoms with Gasteiger partial charge in [0, 0.05) is 18.7 Å². The molecule has 0 aromatic rings. The van der Waals surface area contributed by atoms with Gasteiger partial charge in [0.05, 0.1) is 0 Å². The minimum atomic E-state index is -0.308. The number of hydrogen-bond donors (Lipinski definition) is 2. The Bertz CT molecular complexity index is 243. The average Bonchev–Trinajstić information content (AvgIpc) is 2.69. The molecule has 5 heteroatoms. The van der Waals surface area contributed by atoms with Crippen LogP contribution in [0.2, 0.25) is 0 Å². The Kier molecular flexibility index (Phi) is 7.05. The first-order chi connectivity index (χ1) is 7.47. The van der Waals surface area contributed by atoms with E-state index in [2.05, 4.69) is 19.2 Å². The summed E-state index contributed by atoms with van der Waals surface area (Å²) in [7, 11) is 0. The Labute approximate surface area is 110 Å². The van der Waals surface area contributed by atoms with E-state index in [1.165, 1.54) is 0 Å². The van der Waals surface area contributed by atoms with Crippen LogP contribution in [0.4, 0.5) is 0 Å². The lowest BCUT2D eigenvalue weighted by Crippen LogP contribution is -2.54. The fourth-order valence-electron chi connectivity index (χ4n) is 2.25. The van der Waals surface area contributed by atoms with Crippen LogP contribution in [0.3, 0.4) is 0 Å². The highest BCUT2D eigenvalue weighted by Gasteiger charge is 2.31. The molecule has 102 valence electrons. The SMILES string of the molecule is CC(C)CC(C)(CN)NC(=O)[C@H]1CCCO1.Cl. The first kappa shape index (κ1) is 16.7. The minimum Gasteiger partial charge on any atom is -0.368 e. The lowest BCUT2D eigenvalue weighted by Gasteiger charge is -2.32. The van der Waals surface area contributed by atoms with Crippen LogP contribution in [0.25, 0.3) is 0 Å². The summed E-state index contributed by atoms with van der Waals surface area (Å²) in [5, 5.41) is 3.03. The van der Waals surface area contributed by atoms with Gasteiger partial charge in [-0.1, -0.05) is 13.8 Å².